The normalized spacial score (nSPS) is 10.2. The highest BCUT2D eigenvalue weighted by Gasteiger charge is 2.10. The summed E-state index contributed by atoms with van der Waals surface area (Å²) in [5.41, 5.74) is 4.21. The topological polar surface area (TPSA) is 116 Å². The number of carbonyl (C=O) groups is 3. The van der Waals surface area contributed by atoms with E-state index >= 15 is 0 Å². The summed E-state index contributed by atoms with van der Waals surface area (Å²) < 4.78 is 0. The quantitative estimate of drug-likeness (QED) is 0.305. The number of nitrogens with one attached hydrogen (secondary N) is 4. The largest absolute Gasteiger partial charge is 0.323 e. The minimum absolute atomic E-state index is 0.253. The van der Waals surface area contributed by atoms with Crippen LogP contribution in [0.5, 0.6) is 0 Å². The predicted octanol–water partition coefficient (Wildman–Crippen LogP) is 4.71. The van der Waals surface area contributed by atoms with E-state index in [1.165, 1.54) is 0 Å². The van der Waals surface area contributed by atoms with E-state index in [2.05, 4.69) is 32.7 Å². The lowest BCUT2D eigenvalue weighted by Gasteiger charge is -2.10. The molecule has 3 aromatic carbocycles. The van der Waals surface area contributed by atoms with Crippen molar-refractivity contribution in [2.75, 3.05) is 16.0 Å². The van der Waals surface area contributed by atoms with Crippen molar-refractivity contribution in [3.8, 4) is 11.3 Å². The van der Waals surface area contributed by atoms with Crippen LogP contribution in [0.1, 0.15) is 20.7 Å². The van der Waals surface area contributed by atoms with Crippen molar-refractivity contribution < 1.29 is 14.4 Å². The Morgan fingerprint density at radius 1 is 0.735 bits per heavy atom. The second-order valence-electron chi connectivity index (χ2n) is 7.31. The Bertz CT molecular complexity index is 1350. The van der Waals surface area contributed by atoms with Gasteiger partial charge in [-0.15, -0.1) is 0 Å². The third-order valence-corrected chi connectivity index (χ3v) is 4.91. The molecule has 0 atom stereocenters. The van der Waals surface area contributed by atoms with Gasteiger partial charge in [0.05, 0.1) is 5.69 Å². The summed E-state index contributed by atoms with van der Waals surface area (Å²) in [4.78, 5) is 36.7. The van der Waals surface area contributed by atoms with Gasteiger partial charge in [-0.1, -0.05) is 24.8 Å². The smallest absolute Gasteiger partial charge is 0.255 e. The van der Waals surface area contributed by atoms with Crippen LogP contribution in [0.15, 0.2) is 97.7 Å². The maximum atomic E-state index is 12.7. The van der Waals surface area contributed by atoms with Gasteiger partial charge in [0, 0.05) is 39.9 Å². The van der Waals surface area contributed by atoms with Gasteiger partial charge in [-0.2, -0.15) is 5.10 Å². The molecule has 0 spiro atoms. The summed E-state index contributed by atoms with van der Waals surface area (Å²) in [6.45, 7) is 3.41. The highest BCUT2D eigenvalue weighted by Crippen LogP contribution is 2.20. The Kier molecular flexibility index (Phi) is 6.60. The van der Waals surface area contributed by atoms with E-state index < -0.39 is 0 Å². The molecule has 0 aliphatic heterocycles. The van der Waals surface area contributed by atoms with Gasteiger partial charge in [-0.3, -0.25) is 19.5 Å². The van der Waals surface area contributed by atoms with Crippen molar-refractivity contribution in [1.29, 1.82) is 0 Å². The fourth-order valence-corrected chi connectivity index (χ4v) is 3.22. The first-order chi connectivity index (χ1) is 16.5. The van der Waals surface area contributed by atoms with E-state index in [-0.39, 0.29) is 17.7 Å². The van der Waals surface area contributed by atoms with Crippen molar-refractivity contribution in [3.05, 3.63) is 109 Å². The highest BCUT2D eigenvalue weighted by molar-refractivity contribution is 6.07. The number of anilines is 3. The summed E-state index contributed by atoms with van der Waals surface area (Å²) in [6, 6.07) is 22.4. The summed E-state index contributed by atoms with van der Waals surface area (Å²) in [6.07, 6.45) is 2.81. The molecular formula is C26H21N5O3. The molecule has 0 aliphatic rings. The number of benzene rings is 3. The van der Waals surface area contributed by atoms with E-state index in [4.69, 9.17) is 0 Å². The molecule has 0 unspecified atom stereocenters. The van der Waals surface area contributed by atoms with Crippen LogP contribution in [0.4, 0.5) is 17.1 Å². The van der Waals surface area contributed by atoms with Gasteiger partial charge < -0.3 is 16.0 Å². The second kappa shape index (κ2) is 10.1. The Morgan fingerprint density at radius 2 is 1.35 bits per heavy atom. The molecule has 0 bridgehead atoms. The number of H-pyrrole nitrogens is 1. The van der Waals surface area contributed by atoms with Crippen molar-refractivity contribution in [1.82, 2.24) is 10.2 Å². The molecule has 0 radical (unpaired) electrons. The summed E-state index contributed by atoms with van der Waals surface area (Å²) >= 11 is 0. The highest BCUT2D eigenvalue weighted by atomic mass is 16.2. The average Bonchev–Trinajstić information content (AvgIpc) is 3.40. The van der Waals surface area contributed by atoms with E-state index in [9.17, 15) is 14.4 Å². The van der Waals surface area contributed by atoms with Crippen LogP contribution in [0.3, 0.4) is 0 Å². The van der Waals surface area contributed by atoms with Crippen LogP contribution >= 0.6 is 0 Å². The first-order valence-corrected chi connectivity index (χ1v) is 10.4. The molecule has 0 fully saturated rings. The number of nitrogens with zero attached hydrogens (tertiary/aromatic N) is 1. The number of hydrogen-bond donors (Lipinski definition) is 4. The maximum absolute atomic E-state index is 12.7. The van der Waals surface area contributed by atoms with Crippen LogP contribution in [-0.4, -0.2) is 27.9 Å². The van der Waals surface area contributed by atoms with Gasteiger partial charge >= 0.3 is 0 Å². The molecule has 0 aliphatic carbocycles. The number of hydrogen-bond acceptors (Lipinski definition) is 4. The van der Waals surface area contributed by atoms with Crippen LogP contribution < -0.4 is 16.0 Å². The van der Waals surface area contributed by atoms with E-state index in [1.54, 1.807) is 66.9 Å². The maximum Gasteiger partial charge on any atom is 0.255 e. The summed E-state index contributed by atoms with van der Waals surface area (Å²) in [5, 5.41) is 15.1. The molecule has 8 nitrogen and oxygen atoms in total. The van der Waals surface area contributed by atoms with Gasteiger partial charge in [0.25, 0.3) is 11.8 Å². The van der Waals surface area contributed by atoms with E-state index in [0.717, 1.165) is 17.3 Å². The molecule has 3 amide bonds. The fraction of sp³-hybridized carbons (Fsp3) is 0. The lowest BCUT2D eigenvalue weighted by Crippen LogP contribution is -2.14. The molecule has 4 N–H and O–H groups in total. The van der Waals surface area contributed by atoms with Gasteiger partial charge in [-0.25, -0.2) is 0 Å². The predicted molar refractivity (Wildman–Crippen MR) is 132 cm³/mol. The SMILES string of the molecule is C=CC(=O)Nc1cccc(C(=O)Nc2ccc(NC(=O)c3cccc(-c4ccn[nH]4)c3)cc2)c1. The average molecular weight is 451 g/mol. The zero-order valence-corrected chi connectivity index (χ0v) is 18.0. The minimum atomic E-state index is -0.358. The van der Waals surface area contributed by atoms with Crippen LogP contribution in [-0.2, 0) is 4.79 Å². The Hall–Kier alpha value is -4.98. The van der Waals surface area contributed by atoms with Gasteiger partial charge in [0.15, 0.2) is 0 Å². The molecule has 4 aromatic rings. The van der Waals surface area contributed by atoms with Crippen molar-refractivity contribution in [3.63, 3.8) is 0 Å². The van der Waals surface area contributed by atoms with Gasteiger partial charge in [-0.05, 0) is 66.7 Å². The van der Waals surface area contributed by atoms with Crippen LogP contribution in [0, 0.1) is 0 Å². The number of amides is 3. The van der Waals surface area contributed by atoms with Crippen LogP contribution in [0.2, 0.25) is 0 Å². The lowest BCUT2D eigenvalue weighted by molar-refractivity contribution is -0.111. The Balaban J connectivity index is 1.39. The third-order valence-electron chi connectivity index (χ3n) is 4.91. The first-order valence-electron chi connectivity index (χ1n) is 10.4. The second-order valence-corrected chi connectivity index (χ2v) is 7.31. The molecule has 1 aromatic heterocycles. The Labute approximate surface area is 195 Å². The molecule has 1 heterocycles. The Morgan fingerprint density at radius 3 is 1.94 bits per heavy atom. The van der Waals surface area contributed by atoms with Crippen molar-refractivity contribution in [2.24, 2.45) is 0 Å². The molecule has 8 heteroatoms. The van der Waals surface area contributed by atoms with E-state index in [0.29, 0.717) is 28.2 Å². The molecule has 4 rings (SSSR count). The molecule has 0 saturated carbocycles. The van der Waals surface area contributed by atoms with Gasteiger partial charge in [0.2, 0.25) is 5.91 Å². The number of carbonyl (C=O) groups excluding carboxylic acids is 3. The van der Waals surface area contributed by atoms with Crippen molar-refractivity contribution >= 4 is 34.8 Å². The number of aromatic amines is 1. The zero-order valence-electron chi connectivity index (χ0n) is 18.0. The van der Waals surface area contributed by atoms with Crippen LogP contribution in [0.25, 0.3) is 11.3 Å². The molecule has 34 heavy (non-hydrogen) atoms. The monoisotopic (exact) mass is 451 g/mol. The molecule has 168 valence electrons. The summed E-state index contributed by atoms with van der Waals surface area (Å²) in [7, 11) is 0. The summed E-state index contributed by atoms with van der Waals surface area (Å²) in [5.74, 6) is -0.943. The molecule has 0 saturated heterocycles. The molecular weight excluding hydrogens is 430 g/mol. The third kappa shape index (κ3) is 5.43. The zero-order chi connectivity index (χ0) is 23.9. The lowest BCUT2D eigenvalue weighted by atomic mass is 10.1. The van der Waals surface area contributed by atoms with E-state index in [1.807, 2.05) is 18.2 Å². The number of aromatic nitrogens is 2. The fourth-order valence-electron chi connectivity index (χ4n) is 3.22. The first kappa shape index (κ1) is 22.2. The number of rotatable bonds is 7. The minimum Gasteiger partial charge on any atom is -0.323 e. The van der Waals surface area contributed by atoms with Gasteiger partial charge in [0.1, 0.15) is 0 Å². The standard InChI is InChI=1S/C26H21N5O3/c1-2-24(32)28-22-8-4-7-19(16-22)26(34)30-21-11-9-20(10-12-21)29-25(33)18-6-3-5-17(15-18)23-13-14-27-31-23/h2-16H,1H2,(H,27,31)(H,28,32)(H,29,33)(H,30,34). The van der Waals surface area contributed by atoms with Crippen molar-refractivity contribution in [2.45, 2.75) is 0 Å².